The quantitative estimate of drug-likeness (QED) is 0.570. The van der Waals surface area contributed by atoms with Gasteiger partial charge in [-0.2, -0.15) is 0 Å². The van der Waals surface area contributed by atoms with E-state index in [2.05, 4.69) is 15.8 Å². The van der Waals surface area contributed by atoms with E-state index >= 15 is 0 Å². The highest BCUT2D eigenvalue weighted by atomic mass is 35.5. The van der Waals surface area contributed by atoms with Gasteiger partial charge in [-0.15, -0.1) is 0 Å². The van der Waals surface area contributed by atoms with Crippen molar-refractivity contribution >= 4 is 34.7 Å². The molecule has 1 aromatic heterocycles. The van der Waals surface area contributed by atoms with Crippen LogP contribution in [0.2, 0.25) is 10.0 Å². The number of hydrogen-bond acceptors (Lipinski definition) is 6. The molecule has 28 heavy (non-hydrogen) atoms. The number of halogens is 2. The van der Waals surface area contributed by atoms with Gasteiger partial charge in [-0.25, -0.2) is 10.4 Å². The third-order valence-electron chi connectivity index (χ3n) is 5.64. The van der Waals surface area contributed by atoms with Crippen molar-refractivity contribution in [2.45, 2.75) is 31.3 Å². The second-order valence-electron chi connectivity index (χ2n) is 7.28. The van der Waals surface area contributed by atoms with Gasteiger partial charge in [0.15, 0.2) is 0 Å². The first-order valence-electron chi connectivity index (χ1n) is 9.33. The predicted octanol–water partition coefficient (Wildman–Crippen LogP) is 4.12. The second-order valence-corrected chi connectivity index (χ2v) is 8.12. The normalized spacial score (nSPS) is 23.1. The third-order valence-corrected chi connectivity index (χ3v) is 6.20. The number of aromatic nitrogens is 1. The number of nitrogens with one attached hydrogen (secondary N) is 2. The highest BCUT2D eigenvalue weighted by Gasteiger charge is 2.35. The molecule has 2 N–H and O–H groups in total. The lowest BCUT2D eigenvalue weighted by Crippen LogP contribution is -2.43. The van der Waals surface area contributed by atoms with Crippen LogP contribution in [0.4, 0.5) is 11.5 Å². The van der Waals surface area contributed by atoms with E-state index in [0.29, 0.717) is 27.8 Å². The summed E-state index contributed by atoms with van der Waals surface area (Å²) in [5, 5.41) is 12.6. The minimum absolute atomic E-state index is 0.0686. The first-order chi connectivity index (χ1) is 13.5. The van der Waals surface area contributed by atoms with Gasteiger partial charge in [-0.05, 0) is 48.9 Å². The van der Waals surface area contributed by atoms with Crippen molar-refractivity contribution in [2.75, 3.05) is 18.0 Å². The van der Waals surface area contributed by atoms with Gasteiger partial charge < -0.3 is 4.90 Å². The lowest BCUT2D eigenvalue weighted by molar-refractivity contribution is -0.384. The van der Waals surface area contributed by atoms with E-state index in [1.165, 1.54) is 6.07 Å². The molecule has 2 unspecified atom stereocenters. The Bertz CT molecular complexity index is 873. The van der Waals surface area contributed by atoms with E-state index < -0.39 is 0 Å². The molecule has 2 aromatic rings. The Morgan fingerprint density at radius 3 is 2.68 bits per heavy atom. The second kappa shape index (κ2) is 8.21. The van der Waals surface area contributed by atoms with Crippen LogP contribution in [0.3, 0.4) is 0 Å². The van der Waals surface area contributed by atoms with Crippen LogP contribution in [0, 0.1) is 16.0 Å². The predicted molar refractivity (Wildman–Crippen MR) is 110 cm³/mol. The van der Waals surface area contributed by atoms with Crippen molar-refractivity contribution in [3.05, 3.63) is 62.3 Å². The number of nitrogens with zero attached hydrogens (tertiary/aromatic N) is 3. The molecule has 0 spiro atoms. The fourth-order valence-corrected chi connectivity index (χ4v) is 4.71. The molecule has 2 aliphatic heterocycles. The zero-order valence-corrected chi connectivity index (χ0v) is 16.7. The van der Waals surface area contributed by atoms with Gasteiger partial charge >= 0.3 is 5.69 Å². The summed E-state index contributed by atoms with van der Waals surface area (Å²) < 4.78 is 0. The summed E-state index contributed by atoms with van der Waals surface area (Å²) in [6, 6.07) is 9.18. The van der Waals surface area contributed by atoms with Crippen LogP contribution >= 0.6 is 23.2 Å². The third kappa shape index (κ3) is 3.93. The number of benzene rings is 1. The van der Waals surface area contributed by atoms with Crippen molar-refractivity contribution in [1.82, 2.24) is 15.8 Å². The molecular formula is C19H21Cl2N5O2. The summed E-state index contributed by atoms with van der Waals surface area (Å²) in [7, 11) is 0. The SMILES string of the molecule is O=[N+]([O-])c1cccnc1N1CCC(C2CC(c3ccc(Cl)cc3Cl)NN2)CC1. The highest BCUT2D eigenvalue weighted by Crippen LogP contribution is 2.36. The minimum Gasteiger partial charge on any atom is -0.351 e. The van der Waals surface area contributed by atoms with Crippen molar-refractivity contribution in [1.29, 1.82) is 0 Å². The molecule has 0 aliphatic carbocycles. The van der Waals surface area contributed by atoms with Crippen LogP contribution in [0.1, 0.15) is 30.9 Å². The van der Waals surface area contributed by atoms with Gasteiger partial charge in [-0.3, -0.25) is 15.5 Å². The number of anilines is 1. The van der Waals surface area contributed by atoms with Crippen LogP contribution in [0.25, 0.3) is 0 Å². The molecule has 2 atom stereocenters. The summed E-state index contributed by atoms with van der Waals surface area (Å²) in [5.41, 5.74) is 7.88. The molecule has 3 heterocycles. The Kier molecular flexibility index (Phi) is 5.68. The van der Waals surface area contributed by atoms with Crippen LogP contribution in [0.5, 0.6) is 0 Å². The molecule has 148 valence electrons. The number of nitro groups is 1. The van der Waals surface area contributed by atoms with Crippen LogP contribution < -0.4 is 15.8 Å². The molecule has 7 nitrogen and oxygen atoms in total. The summed E-state index contributed by atoms with van der Waals surface area (Å²) in [6.45, 7) is 1.51. The Labute approximate surface area is 173 Å². The maximum absolute atomic E-state index is 11.3. The zero-order valence-electron chi connectivity index (χ0n) is 15.1. The Balaban J connectivity index is 1.38. The van der Waals surface area contributed by atoms with Crippen molar-refractivity contribution in [3.8, 4) is 0 Å². The molecule has 2 aliphatic rings. The van der Waals surface area contributed by atoms with E-state index in [1.54, 1.807) is 18.3 Å². The smallest absolute Gasteiger partial charge is 0.311 e. The molecule has 0 bridgehead atoms. The summed E-state index contributed by atoms with van der Waals surface area (Å²) in [5.74, 6) is 0.955. The molecule has 0 saturated carbocycles. The lowest BCUT2D eigenvalue weighted by atomic mass is 9.86. The van der Waals surface area contributed by atoms with Crippen molar-refractivity contribution in [3.63, 3.8) is 0 Å². The Morgan fingerprint density at radius 1 is 1.18 bits per heavy atom. The number of rotatable bonds is 4. The lowest BCUT2D eigenvalue weighted by Gasteiger charge is -2.35. The largest absolute Gasteiger partial charge is 0.351 e. The molecule has 2 fully saturated rings. The van der Waals surface area contributed by atoms with E-state index in [4.69, 9.17) is 23.2 Å². The molecule has 0 radical (unpaired) electrons. The summed E-state index contributed by atoms with van der Waals surface area (Å²) in [6.07, 6.45) is 4.45. The van der Waals surface area contributed by atoms with Gasteiger partial charge in [0.25, 0.3) is 0 Å². The molecule has 1 aromatic carbocycles. The van der Waals surface area contributed by atoms with Gasteiger partial charge in [0.1, 0.15) is 0 Å². The fraction of sp³-hybridized carbons (Fsp3) is 0.421. The molecule has 0 amide bonds. The number of pyridine rings is 1. The first kappa shape index (κ1) is 19.4. The topological polar surface area (TPSA) is 83.3 Å². The number of hydrazine groups is 1. The Hall–Kier alpha value is -1.93. The van der Waals surface area contributed by atoms with Gasteiger partial charge in [0.2, 0.25) is 5.82 Å². The van der Waals surface area contributed by atoms with Crippen LogP contribution in [-0.2, 0) is 0 Å². The average Bonchev–Trinajstić information content (AvgIpc) is 3.18. The van der Waals surface area contributed by atoms with Crippen LogP contribution in [0.15, 0.2) is 36.5 Å². The molecule has 4 rings (SSSR count). The molecule has 2 saturated heterocycles. The van der Waals surface area contributed by atoms with Gasteiger partial charge in [-0.1, -0.05) is 29.3 Å². The molecular weight excluding hydrogens is 401 g/mol. The first-order valence-corrected chi connectivity index (χ1v) is 10.1. The van der Waals surface area contributed by atoms with Gasteiger partial charge in [0.05, 0.1) is 4.92 Å². The fourth-order valence-electron chi connectivity index (χ4n) is 4.17. The number of hydrogen-bond donors (Lipinski definition) is 2. The molecule has 9 heteroatoms. The van der Waals surface area contributed by atoms with E-state index in [1.807, 2.05) is 17.0 Å². The van der Waals surface area contributed by atoms with Gasteiger partial charge in [0, 0.05) is 47.5 Å². The van der Waals surface area contributed by atoms with Crippen molar-refractivity contribution < 1.29 is 4.92 Å². The maximum atomic E-state index is 11.3. The van der Waals surface area contributed by atoms with Crippen LogP contribution in [-0.4, -0.2) is 29.0 Å². The minimum atomic E-state index is -0.364. The van der Waals surface area contributed by atoms with E-state index in [-0.39, 0.29) is 16.7 Å². The van der Waals surface area contributed by atoms with E-state index in [9.17, 15) is 10.1 Å². The highest BCUT2D eigenvalue weighted by molar-refractivity contribution is 6.35. The summed E-state index contributed by atoms with van der Waals surface area (Å²) in [4.78, 5) is 17.2. The average molecular weight is 422 g/mol. The Morgan fingerprint density at radius 2 is 1.96 bits per heavy atom. The maximum Gasteiger partial charge on any atom is 0.311 e. The monoisotopic (exact) mass is 421 g/mol. The van der Waals surface area contributed by atoms with E-state index in [0.717, 1.165) is 37.9 Å². The van der Waals surface area contributed by atoms with Crippen molar-refractivity contribution in [2.24, 2.45) is 5.92 Å². The summed E-state index contributed by atoms with van der Waals surface area (Å²) >= 11 is 12.3. The zero-order chi connectivity index (χ0) is 19.7. The standard InChI is InChI=1S/C19H21Cl2N5O2/c20-13-3-4-14(15(21)10-13)17-11-16(23-24-17)12-5-8-25(9-6-12)19-18(26(27)28)2-1-7-22-19/h1-4,7,10,12,16-17,23-24H,5-6,8-9,11H2. The number of piperidine rings is 1.